The fourth-order valence-electron chi connectivity index (χ4n) is 6.41. The summed E-state index contributed by atoms with van der Waals surface area (Å²) in [6, 6.07) is 52.7. The molecule has 8 aromatic rings. The summed E-state index contributed by atoms with van der Waals surface area (Å²) < 4.78 is 6.13. The van der Waals surface area contributed by atoms with Crippen molar-refractivity contribution in [3.8, 4) is 44.5 Å². The maximum atomic E-state index is 6.13. The van der Waals surface area contributed by atoms with E-state index in [-0.39, 0.29) is 0 Å². The third kappa shape index (κ3) is 3.73. The molecule has 2 heterocycles. The quantitative estimate of drug-likeness (QED) is 0.216. The third-order valence-electron chi connectivity index (χ3n) is 8.44. The number of benzene rings is 7. The van der Waals surface area contributed by atoms with Gasteiger partial charge >= 0.3 is 0 Å². The summed E-state index contributed by atoms with van der Waals surface area (Å²) in [7, 11) is 0. The summed E-state index contributed by atoms with van der Waals surface area (Å²) in [5, 5.41) is 4.95. The van der Waals surface area contributed by atoms with E-state index in [0.717, 1.165) is 21.9 Å². The van der Waals surface area contributed by atoms with Crippen LogP contribution in [0.1, 0.15) is 0 Å². The predicted octanol–water partition coefficient (Wildman–Crippen LogP) is 11.9. The van der Waals surface area contributed by atoms with Gasteiger partial charge in [-0.2, -0.15) is 0 Å². The van der Waals surface area contributed by atoms with Gasteiger partial charge in [0.05, 0.1) is 0 Å². The van der Waals surface area contributed by atoms with Crippen LogP contribution < -0.4 is 0 Å². The largest absolute Gasteiger partial charge is 0.456 e. The Morgan fingerprint density at radius 2 is 1.07 bits per heavy atom. The number of hydrogen-bond acceptors (Lipinski definition) is 2. The van der Waals surface area contributed by atoms with Gasteiger partial charge in [0.15, 0.2) is 0 Å². The van der Waals surface area contributed by atoms with Gasteiger partial charge in [-0.1, -0.05) is 103 Å². The topological polar surface area (TPSA) is 13.1 Å². The molecule has 2 heteroatoms. The van der Waals surface area contributed by atoms with E-state index in [1.54, 1.807) is 0 Å². The maximum absolute atomic E-state index is 6.13. The first kappa shape index (κ1) is 23.6. The Labute approximate surface area is 248 Å². The summed E-state index contributed by atoms with van der Waals surface area (Å²) >= 11 is 1.87. The average molecular weight is 553 g/mol. The van der Waals surface area contributed by atoms with Crippen LogP contribution in [0.3, 0.4) is 0 Å². The number of rotatable bonds is 3. The fraction of sp³-hybridized carbons (Fsp3) is 0. The molecule has 0 unspecified atom stereocenters. The lowest BCUT2D eigenvalue weighted by Gasteiger charge is -2.21. The average Bonchev–Trinajstić information content (AvgIpc) is 3.43. The molecule has 0 aliphatic carbocycles. The van der Waals surface area contributed by atoms with Crippen LogP contribution in [0, 0.1) is 0 Å². The molecule has 1 aliphatic heterocycles. The first-order valence-electron chi connectivity index (χ1n) is 14.3. The van der Waals surface area contributed by atoms with Crippen molar-refractivity contribution >= 4 is 44.5 Å². The Hall–Kier alpha value is -5.05. The van der Waals surface area contributed by atoms with Gasteiger partial charge in [-0.05, 0) is 104 Å². The van der Waals surface area contributed by atoms with Crippen LogP contribution in [0.4, 0.5) is 0 Å². The molecule has 196 valence electrons. The van der Waals surface area contributed by atoms with Crippen LogP contribution in [0.15, 0.2) is 160 Å². The van der Waals surface area contributed by atoms with Crippen molar-refractivity contribution < 1.29 is 4.42 Å². The zero-order valence-electron chi connectivity index (χ0n) is 22.7. The standard InChI is InChI=1S/C40H24OS/c1-2-8-25(9-3-1)29-20-30(27-16-18-37-34(23-27)32-12-4-5-14-36(32)41-37)22-31(21-29)28-17-19-38-35(24-28)33-13-6-10-26-11-7-15-39(42-38)40(26)33/h1-24H. The number of hydrogen-bond donors (Lipinski definition) is 0. The van der Waals surface area contributed by atoms with Crippen LogP contribution >= 0.6 is 11.8 Å². The molecule has 0 atom stereocenters. The van der Waals surface area contributed by atoms with E-state index in [1.165, 1.54) is 65.1 Å². The highest BCUT2D eigenvalue weighted by molar-refractivity contribution is 7.99. The van der Waals surface area contributed by atoms with E-state index in [9.17, 15) is 0 Å². The lowest BCUT2D eigenvalue weighted by atomic mass is 9.91. The molecule has 1 nitrogen and oxygen atoms in total. The second-order valence-electron chi connectivity index (χ2n) is 10.9. The maximum Gasteiger partial charge on any atom is 0.135 e. The Morgan fingerprint density at radius 1 is 0.381 bits per heavy atom. The third-order valence-corrected chi connectivity index (χ3v) is 9.58. The zero-order valence-corrected chi connectivity index (χ0v) is 23.5. The molecule has 1 aromatic heterocycles. The zero-order chi connectivity index (χ0) is 27.6. The molecule has 0 N–H and O–H groups in total. The van der Waals surface area contributed by atoms with E-state index in [4.69, 9.17) is 4.42 Å². The summed E-state index contributed by atoms with van der Waals surface area (Å²) in [6.07, 6.45) is 0. The van der Waals surface area contributed by atoms with E-state index in [0.29, 0.717) is 0 Å². The summed E-state index contributed by atoms with van der Waals surface area (Å²) in [4.78, 5) is 2.64. The van der Waals surface area contributed by atoms with Crippen LogP contribution in [0.25, 0.3) is 77.2 Å². The van der Waals surface area contributed by atoms with Crippen LogP contribution in [0.5, 0.6) is 0 Å². The lowest BCUT2D eigenvalue weighted by Crippen LogP contribution is -1.94. The number of fused-ring (bicyclic) bond motifs is 5. The Bertz CT molecular complexity index is 2320. The second kappa shape index (κ2) is 9.24. The summed E-state index contributed by atoms with van der Waals surface area (Å²) in [6.45, 7) is 0. The van der Waals surface area contributed by atoms with Crippen molar-refractivity contribution in [1.82, 2.24) is 0 Å². The Kier molecular flexibility index (Phi) is 5.20. The van der Waals surface area contributed by atoms with Crippen molar-refractivity contribution in [1.29, 1.82) is 0 Å². The van der Waals surface area contributed by atoms with Crippen LogP contribution in [0.2, 0.25) is 0 Å². The van der Waals surface area contributed by atoms with Crippen molar-refractivity contribution in [2.75, 3.05) is 0 Å². The SMILES string of the molecule is c1ccc(-c2cc(-c3ccc4c(c3)-c3cccc5cccc(c35)S4)cc(-c3ccc4oc5ccccc5c4c3)c2)cc1. The minimum Gasteiger partial charge on any atom is -0.456 e. The number of para-hydroxylation sites is 1. The molecule has 0 saturated heterocycles. The first-order valence-corrected chi connectivity index (χ1v) is 15.1. The lowest BCUT2D eigenvalue weighted by molar-refractivity contribution is 0.669. The van der Waals surface area contributed by atoms with Gasteiger partial charge in [-0.3, -0.25) is 0 Å². The van der Waals surface area contributed by atoms with E-state index in [1.807, 2.05) is 23.9 Å². The first-order chi connectivity index (χ1) is 20.8. The molecule has 1 aliphatic rings. The Morgan fingerprint density at radius 3 is 1.93 bits per heavy atom. The molecular formula is C40H24OS. The highest BCUT2D eigenvalue weighted by Crippen LogP contribution is 2.49. The van der Waals surface area contributed by atoms with Gasteiger partial charge in [0, 0.05) is 25.9 Å². The molecule has 0 spiro atoms. The molecule has 0 saturated carbocycles. The highest BCUT2D eigenvalue weighted by Gasteiger charge is 2.20. The molecule has 9 rings (SSSR count). The minimum atomic E-state index is 0.918. The Balaban J connectivity index is 1.24. The van der Waals surface area contributed by atoms with Gasteiger partial charge < -0.3 is 4.42 Å². The van der Waals surface area contributed by atoms with Crippen molar-refractivity contribution in [3.63, 3.8) is 0 Å². The molecule has 0 amide bonds. The van der Waals surface area contributed by atoms with Crippen molar-refractivity contribution in [2.45, 2.75) is 9.79 Å². The molecule has 0 radical (unpaired) electrons. The van der Waals surface area contributed by atoms with Gasteiger partial charge in [-0.15, -0.1) is 0 Å². The van der Waals surface area contributed by atoms with Gasteiger partial charge in [0.1, 0.15) is 11.2 Å². The van der Waals surface area contributed by atoms with Crippen molar-refractivity contribution in [2.24, 2.45) is 0 Å². The van der Waals surface area contributed by atoms with Gasteiger partial charge in [0.25, 0.3) is 0 Å². The molecule has 42 heavy (non-hydrogen) atoms. The molecule has 0 bridgehead atoms. The number of furan rings is 1. The molecule has 0 fully saturated rings. The monoisotopic (exact) mass is 552 g/mol. The van der Waals surface area contributed by atoms with E-state index >= 15 is 0 Å². The molecular weight excluding hydrogens is 529 g/mol. The minimum absolute atomic E-state index is 0.918. The van der Waals surface area contributed by atoms with Crippen molar-refractivity contribution in [3.05, 3.63) is 146 Å². The summed E-state index contributed by atoms with van der Waals surface area (Å²) in [5.74, 6) is 0. The molecule has 7 aromatic carbocycles. The van der Waals surface area contributed by atoms with Gasteiger partial charge in [-0.25, -0.2) is 0 Å². The van der Waals surface area contributed by atoms with Crippen LogP contribution in [-0.4, -0.2) is 0 Å². The van der Waals surface area contributed by atoms with Gasteiger partial charge in [0.2, 0.25) is 0 Å². The van der Waals surface area contributed by atoms with E-state index < -0.39 is 0 Å². The predicted molar refractivity (Wildman–Crippen MR) is 177 cm³/mol. The normalized spacial score (nSPS) is 12.2. The van der Waals surface area contributed by atoms with E-state index in [2.05, 4.69) is 133 Å². The fourth-order valence-corrected chi connectivity index (χ4v) is 7.54. The highest BCUT2D eigenvalue weighted by atomic mass is 32.2. The smallest absolute Gasteiger partial charge is 0.135 e. The second-order valence-corrected chi connectivity index (χ2v) is 12.0. The summed E-state index contributed by atoms with van der Waals surface area (Å²) in [5.41, 5.74) is 11.7. The van der Waals surface area contributed by atoms with Crippen LogP contribution in [-0.2, 0) is 0 Å².